The summed E-state index contributed by atoms with van der Waals surface area (Å²) in [6.07, 6.45) is 1.66. The highest BCUT2D eigenvalue weighted by Crippen LogP contribution is 2.32. The van der Waals surface area contributed by atoms with E-state index < -0.39 is 10.9 Å². The van der Waals surface area contributed by atoms with E-state index in [4.69, 9.17) is 0 Å². The van der Waals surface area contributed by atoms with Crippen molar-refractivity contribution in [2.75, 3.05) is 6.54 Å². The molecular weight excluding hydrogens is 390 g/mol. The zero-order chi connectivity index (χ0) is 21.4. The molecule has 2 aromatic heterocycles. The number of hydrogen-bond donors (Lipinski definition) is 2. The van der Waals surface area contributed by atoms with Crippen molar-refractivity contribution in [3.63, 3.8) is 0 Å². The van der Waals surface area contributed by atoms with E-state index in [1.165, 1.54) is 12.1 Å². The molecule has 0 saturated carbocycles. The number of amides is 1. The number of nitrogens with zero attached hydrogens (tertiary/aromatic N) is 4. The van der Waals surface area contributed by atoms with Gasteiger partial charge in [-0.3, -0.25) is 19.6 Å². The van der Waals surface area contributed by atoms with Gasteiger partial charge in [-0.2, -0.15) is 5.10 Å². The summed E-state index contributed by atoms with van der Waals surface area (Å²) < 4.78 is 1.58. The fourth-order valence-corrected chi connectivity index (χ4v) is 3.91. The molecule has 4 rings (SSSR count). The van der Waals surface area contributed by atoms with Crippen molar-refractivity contribution >= 4 is 17.6 Å². The topological polar surface area (TPSA) is 134 Å². The van der Waals surface area contributed by atoms with E-state index in [0.29, 0.717) is 23.4 Å². The van der Waals surface area contributed by atoms with Gasteiger partial charge in [0.1, 0.15) is 5.69 Å². The summed E-state index contributed by atoms with van der Waals surface area (Å²) in [6.45, 7) is 2.65. The van der Waals surface area contributed by atoms with E-state index in [9.17, 15) is 24.8 Å². The molecule has 1 aliphatic heterocycles. The van der Waals surface area contributed by atoms with E-state index in [1.54, 1.807) is 40.0 Å². The van der Waals surface area contributed by atoms with Crippen LogP contribution < -0.4 is 0 Å². The molecule has 0 bridgehead atoms. The maximum absolute atomic E-state index is 12.8. The lowest BCUT2D eigenvalue weighted by Crippen LogP contribution is -2.38. The average Bonchev–Trinajstić information content (AvgIpc) is 3.36. The van der Waals surface area contributed by atoms with Crippen molar-refractivity contribution in [3.8, 4) is 0 Å². The largest absolute Gasteiger partial charge is 0.476 e. The summed E-state index contributed by atoms with van der Waals surface area (Å²) in [7, 11) is 0. The molecular formula is C20H19N5O5. The molecule has 3 aromatic rings. The molecule has 1 atom stereocenters. The van der Waals surface area contributed by atoms with Crippen LogP contribution >= 0.6 is 0 Å². The summed E-state index contributed by atoms with van der Waals surface area (Å²) in [4.78, 5) is 39.6. The third kappa shape index (κ3) is 3.43. The van der Waals surface area contributed by atoms with Gasteiger partial charge in [0, 0.05) is 42.0 Å². The van der Waals surface area contributed by atoms with Gasteiger partial charge in [-0.25, -0.2) is 4.79 Å². The quantitative estimate of drug-likeness (QED) is 0.491. The van der Waals surface area contributed by atoms with E-state index in [1.807, 2.05) is 6.92 Å². The van der Waals surface area contributed by atoms with Crippen LogP contribution in [0.15, 0.2) is 42.6 Å². The summed E-state index contributed by atoms with van der Waals surface area (Å²) in [6, 6.07) is 9.57. The fraction of sp³-hybridized carbons (Fsp3) is 0.250. The maximum atomic E-state index is 12.8. The number of rotatable bonds is 5. The second-order valence-electron chi connectivity index (χ2n) is 7.27. The minimum Gasteiger partial charge on any atom is -0.476 e. The molecule has 1 amide bonds. The van der Waals surface area contributed by atoms with Crippen LogP contribution in [0, 0.1) is 10.1 Å². The summed E-state index contributed by atoms with van der Waals surface area (Å²) >= 11 is 0. The Bertz CT molecular complexity index is 1130. The van der Waals surface area contributed by atoms with E-state index in [-0.39, 0.29) is 36.3 Å². The molecule has 10 nitrogen and oxygen atoms in total. The average molecular weight is 409 g/mol. The molecule has 3 heterocycles. The third-order valence-corrected chi connectivity index (χ3v) is 5.18. The van der Waals surface area contributed by atoms with Gasteiger partial charge in [-0.1, -0.05) is 19.1 Å². The molecule has 0 fully saturated rings. The second-order valence-corrected chi connectivity index (χ2v) is 7.27. The standard InChI is InChI=1S/C20H19N5O5/c1-12-9-23(19(26)16-6-3-7-21-16)11-15-17(20(27)28)22-24(18(12)15)10-13-4-2-5-14(8-13)25(29)30/h2-8,12,21H,9-11H2,1H3,(H,27,28). The Morgan fingerprint density at radius 2 is 2.13 bits per heavy atom. The number of non-ortho nitro benzene ring substituents is 1. The number of aromatic nitrogens is 3. The highest BCUT2D eigenvalue weighted by Gasteiger charge is 2.34. The molecule has 1 aromatic carbocycles. The SMILES string of the molecule is CC1CN(C(=O)c2ccc[nH]2)Cc2c(C(=O)O)nn(Cc3cccc([N+](=O)[O-])c3)c21. The molecule has 2 N–H and O–H groups in total. The van der Waals surface area contributed by atoms with Crippen molar-refractivity contribution in [1.82, 2.24) is 19.7 Å². The number of benzene rings is 1. The van der Waals surface area contributed by atoms with Gasteiger partial charge in [-0.05, 0) is 17.7 Å². The second kappa shape index (κ2) is 7.47. The van der Waals surface area contributed by atoms with Gasteiger partial charge in [0.25, 0.3) is 11.6 Å². The summed E-state index contributed by atoms with van der Waals surface area (Å²) in [5, 5.41) is 25.0. The Morgan fingerprint density at radius 1 is 1.33 bits per heavy atom. The van der Waals surface area contributed by atoms with Gasteiger partial charge in [-0.15, -0.1) is 0 Å². The number of aromatic amines is 1. The van der Waals surface area contributed by atoms with Crippen molar-refractivity contribution < 1.29 is 19.6 Å². The number of carboxylic acid groups (broad SMARTS) is 1. The Morgan fingerprint density at radius 3 is 2.80 bits per heavy atom. The van der Waals surface area contributed by atoms with Gasteiger partial charge in [0.05, 0.1) is 18.0 Å². The predicted molar refractivity (Wildman–Crippen MR) is 105 cm³/mol. The van der Waals surface area contributed by atoms with Crippen LogP contribution in [0.25, 0.3) is 0 Å². The Kier molecular flexibility index (Phi) is 4.82. The highest BCUT2D eigenvalue weighted by atomic mass is 16.6. The number of nitro groups is 1. The lowest BCUT2D eigenvalue weighted by molar-refractivity contribution is -0.384. The first-order chi connectivity index (χ1) is 14.3. The number of aromatic carboxylic acids is 1. The number of H-pyrrole nitrogens is 1. The van der Waals surface area contributed by atoms with Crippen molar-refractivity contribution in [2.45, 2.75) is 25.9 Å². The Balaban J connectivity index is 1.70. The van der Waals surface area contributed by atoms with E-state index in [0.717, 1.165) is 5.69 Å². The summed E-state index contributed by atoms with van der Waals surface area (Å²) in [5.74, 6) is -1.54. The van der Waals surface area contributed by atoms with Crippen LogP contribution in [-0.2, 0) is 13.1 Å². The van der Waals surface area contributed by atoms with Crippen LogP contribution in [0.5, 0.6) is 0 Å². The fourth-order valence-electron chi connectivity index (χ4n) is 3.91. The van der Waals surface area contributed by atoms with Crippen LogP contribution in [0.3, 0.4) is 0 Å². The first-order valence-corrected chi connectivity index (χ1v) is 9.34. The smallest absolute Gasteiger partial charge is 0.356 e. The van der Waals surface area contributed by atoms with Gasteiger partial charge >= 0.3 is 5.97 Å². The van der Waals surface area contributed by atoms with Gasteiger partial charge in [0.2, 0.25) is 0 Å². The highest BCUT2D eigenvalue weighted by molar-refractivity contribution is 5.93. The number of carbonyl (C=O) groups excluding carboxylic acids is 1. The Hall–Kier alpha value is -3.95. The molecule has 0 spiro atoms. The molecule has 1 aliphatic rings. The van der Waals surface area contributed by atoms with Crippen LogP contribution in [0.1, 0.15) is 50.6 Å². The van der Waals surface area contributed by atoms with Crippen LogP contribution in [-0.4, -0.2) is 48.1 Å². The van der Waals surface area contributed by atoms with Crippen molar-refractivity contribution in [3.05, 3.63) is 80.9 Å². The Labute approximate surface area is 170 Å². The third-order valence-electron chi connectivity index (χ3n) is 5.18. The molecule has 154 valence electrons. The molecule has 0 aliphatic carbocycles. The number of hydrogen-bond acceptors (Lipinski definition) is 5. The minimum atomic E-state index is -1.18. The first kappa shape index (κ1) is 19.4. The van der Waals surface area contributed by atoms with Crippen molar-refractivity contribution in [1.29, 1.82) is 0 Å². The van der Waals surface area contributed by atoms with E-state index >= 15 is 0 Å². The predicted octanol–water partition coefficient (Wildman–Crippen LogP) is 2.63. The molecule has 30 heavy (non-hydrogen) atoms. The van der Waals surface area contributed by atoms with E-state index in [2.05, 4.69) is 10.1 Å². The molecule has 1 unspecified atom stereocenters. The number of nitrogens with one attached hydrogen (secondary N) is 1. The first-order valence-electron chi connectivity index (χ1n) is 9.34. The normalized spacial score (nSPS) is 15.6. The van der Waals surface area contributed by atoms with Crippen LogP contribution in [0.4, 0.5) is 5.69 Å². The zero-order valence-corrected chi connectivity index (χ0v) is 16.1. The number of nitro benzene ring substituents is 1. The molecule has 10 heteroatoms. The zero-order valence-electron chi connectivity index (χ0n) is 16.1. The van der Waals surface area contributed by atoms with Gasteiger partial charge in [0.15, 0.2) is 5.69 Å². The summed E-state index contributed by atoms with van der Waals surface area (Å²) in [5.41, 5.74) is 2.16. The molecule has 0 radical (unpaired) electrons. The van der Waals surface area contributed by atoms with Crippen LogP contribution in [0.2, 0.25) is 0 Å². The number of carbonyl (C=O) groups is 2. The lowest BCUT2D eigenvalue weighted by Gasteiger charge is -2.31. The van der Waals surface area contributed by atoms with Crippen molar-refractivity contribution in [2.24, 2.45) is 0 Å². The number of fused-ring (bicyclic) bond motifs is 1. The monoisotopic (exact) mass is 409 g/mol. The maximum Gasteiger partial charge on any atom is 0.356 e. The number of carboxylic acids is 1. The minimum absolute atomic E-state index is 0.0391. The lowest BCUT2D eigenvalue weighted by atomic mass is 9.95. The molecule has 0 saturated heterocycles. The van der Waals surface area contributed by atoms with Gasteiger partial charge < -0.3 is 15.0 Å².